The largest absolute Gasteiger partial charge is 0.462 e. The standard InChI is InChI=1S/C27H37N6O7P.C24H33N6O7P.C15H21N5O3.C12H17N5O3/c1-15(2)37-26(34)17(4)32-41(35,40-18-10-8-7-9-11-18)36-12-19-16(3)21(23-22(19)38-27(5,6)39-23)33-14-31-20-24(28)29-13-30-25(20)33;1-13(2)36-24(33)15(4)29-38(34,37-16-8-6-5-7-9-16)35-10-17-14(3)19(21(32)20(17)31)30-12-28-18-22(25)26-11-27-23(18)30;1-7-8(4-21)11-12(23-15(2,3)22-11)10(7)20-6-19-9-13(16)17-5-18-14(9)20;1-5-6(2-18)9(19)10(20)8(5)17-4-16-7-11(13)14-3-15-12(7)17/h7-11,13-17,19,21-23H,12H2,1-6H3,(H,32,35)(H2,28,29,30);5-9,11-15,17,19-21,31-32H,10H2,1-4H3,(H,29,34)(H2,25,26,27);5-8,10-12,21H,4H2,1-3H3,(H2,16,17,18);3-6,8-10,18-20H,2H2,1H3,(H2,13,14,15)/t16?,17-,19-,21+,22+,23-,41-;14?,15-,17-,19+,20+,21-,38-;7?,8-,10+,11+,12-;5?,6-,8+,9+,10-/m0000/s1. The molecule has 0 amide bonds. The quantitative estimate of drug-likeness (QED) is 0.0259. The van der Waals surface area contributed by atoms with Crippen LogP contribution in [0.15, 0.2) is 111 Å². The summed E-state index contributed by atoms with van der Waals surface area (Å²) in [7, 11) is -8.22. The van der Waals surface area contributed by atoms with Crippen LogP contribution in [0.1, 0.15) is 121 Å². The molecule has 16 rings (SSSR count). The number of aromatic nitrogens is 16. The molecule has 10 heterocycles. The highest BCUT2D eigenvalue weighted by Crippen LogP contribution is 2.56. The van der Waals surface area contributed by atoms with Crippen molar-refractivity contribution in [3.05, 3.63) is 111 Å². The predicted octanol–water partition coefficient (Wildman–Crippen LogP) is 5.60. The maximum atomic E-state index is 14.1. The number of fused-ring (bicyclic) bond motifs is 6. The molecule has 10 aromatic rings. The molecule has 0 bridgehead atoms. The molecule has 0 radical (unpaired) electrons. The predicted molar refractivity (Wildman–Crippen MR) is 440 cm³/mol. The Morgan fingerprint density at radius 1 is 0.426 bits per heavy atom. The summed E-state index contributed by atoms with van der Waals surface area (Å²) < 4.78 is 93.9. The number of imidazole rings is 4. The first-order valence-corrected chi connectivity index (χ1v) is 43.3. The molecule has 2 aliphatic heterocycles. The minimum atomic E-state index is -4.15. The van der Waals surface area contributed by atoms with Crippen molar-refractivity contribution in [1.29, 1.82) is 0 Å². The first-order valence-electron chi connectivity index (χ1n) is 40.2. The van der Waals surface area contributed by atoms with E-state index in [4.69, 9.17) is 69.5 Å². The van der Waals surface area contributed by atoms with E-state index in [1.165, 1.54) is 44.9 Å². The first kappa shape index (κ1) is 90.0. The molecular weight excluding hydrogens is 1630 g/mol. The number of rotatable bonds is 24. The van der Waals surface area contributed by atoms with Crippen molar-refractivity contribution in [2.45, 2.75) is 206 Å². The van der Waals surface area contributed by atoms with Crippen LogP contribution in [0, 0.1) is 47.3 Å². The van der Waals surface area contributed by atoms with Gasteiger partial charge in [-0.05, 0) is 117 Å². The van der Waals surface area contributed by atoms with Gasteiger partial charge in [-0.15, -0.1) is 0 Å². The number of aliphatic hydroxyl groups is 6. The zero-order valence-corrected chi connectivity index (χ0v) is 71.6. The van der Waals surface area contributed by atoms with Crippen molar-refractivity contribution >= 4 is 95.4 Å². The van der Waals surface area contributed by atoms with Gasteiger partial charge in [-0.25, -0.2) is 68.9 Å². The van der Waals surface area contributed by atoms with Crippen LogP contribution in [0.25, 0.3) is 44.7 Å². The number of para-hydroxylation sites is 2. The number of nitrogens with two attached hydrogens (primary N) is 4. The van der Waals surface area contributed by atoms with Crippen molar-refractivity contribution in [3.63, 3.8) is 0 Å². The van der Waals surface area contributed by atoms with E-state index >= 15 is 0 Å². The fraction of sp³-hybridized carbons (Fsp3) is 0.564. The topological polar surface area (TPSA) is 584 Å². The molecule has 2 aromatic carbocycles. The van der Waals surface area contributed by atoms with Crippen LogP contribution >= 0.6 is 15.5 Å². The van der Waals surface area contributed by atoms with E-state index in [-0.39, 0.29) is 134 Å². The van der Waals surface area contributed by atoms with Gasteiger partial charge in [-0.3, -0.25) is 18.6 Å². The number of aliphatic hydroxyl groups excluding tert-OH is 6. The molecule has 4 saturated carbocycles. The van der Waals surface area contributed by atoms with E-state index < -0.39 is 99.6 Å². The third-order valence-corrected chi connectivity index (χ3v) is 26.4. The number of ether oxygens (including phenoxy) is 6. The Kier molecular flexibility index (Phi) is 27.0. The molecule has 24 atom stereocenters. The number of nitrogens with zero attached hydrogens (tertiary/aromatic N) is 16. The second-order valence-corrected chi connectivity index (χ2v) is 36.3. The molecule has 122 heavy (non-hydrogen) atoms. The lowest BCUT2D eigenvalue weighted by molar-refractivity contribution is -0.166. The lowest BCUT2D eigenvalue weighted by atomic mass is 9.95. The Morgan fingerprint density at radius 2 is 0.721 bits per heavy atom. The van der Waals surface area contributed by atoms with E-state index in [0.29, 0.717) is 56.2 Å². The zero-order valence-electron chi connectivity index (χ0n) is 69.8. The first-order chi connectivity index (χ1) is 57.9. The van der Waals surface area contributed by atoms with Crippen LogP contribution < -0.4 is 42.2 Å². The van der Waals surface area contributed by atoms with Gasteiger partial charge in [0.1, 0.15) is 95.4 Å². The fourth-order valence-corrected chi connectivity index (χ4v) is 20.3. The average Bonchev–Trinajstić information content (AvgIpc) is 1.58. The van der Waals surface area contributed by atoms with Gasteiger partial charge in [0.05, 0.1) is 99.3 Å². The third kappa shape index (κ3) is 18.6. The van der Waals surface area contributed by atoms with E-state index in [2.05, 4.69) is 76.9 Å². The second kappa shape index (κ2) is 36.6. The van der Waals surface area contributed by atoms with Gasteiger partial charge in [0.25, 0.3) is 0 Å². The summed E-state index contributed by atoms with van der Waals surface area (Å²) >= 11 is 0. The summed E-state index contributed by atoms with van der Waals surface area (Å²) in [5, 5.41) is 66.7. The van der Waals surface area contributed by atoms with Gasteiger partial charge in [0.15, 0.2) is 57.4 Å². The Hall–Kier alpha value is -9.72. The molecule has 8 aromatic heterocycles. The normalized spacial score (nSPS) is 29.6. The Bertz CT molecular complexity index is 5380. The van der Waals surface area contributed by atoms with Gasteiger partial charge >= 0.3 is 27.4 Å². The zero-order chi connectivity index (χ0) is 87.9. The van der Waals surface area contributed by atoms with Gasteiger partial charge in [0.2, 0.25) is 0 Å². The number of benzene rings is 2. The maximum Gasteiger partial charge on any atom is 0.459 e. The summed E-state index contributed by atoms with van der Waals surface area (Å²) in [6.45, 7) is 24.9. The van der Waals surface area contributed by atoms with Crippen LogP contribution in [0.2, 0.25) is 0 Å². The molecule has 42 nitrogen and oxygen atoms in total. The SMILES string of the molecule is CC(C)OC(=O)[C@H](C)N[P@](=O)(OC[C@H]1C(C)[C@@H](n2cnc3c(N)ncnc32)[C@@H]2OC(C)(C)O[C@@H]21)Oc1ccccc1.CC(C)OC(=O)[C@H](C)N[P@](=O)(OC[C@H]1C(C)[C@@H](n2cnc3c(N)ncnc32)[C@H](O)[C@@H]1O)Oc1ccccc1.CC1[C@@H](n2cnc3c(N)ncnc32)[C@@H]2OC(C)(C)O[C@@H]2[C@H]1CO.CC1[C@@H](n2cnc3c(N)ncnc32)[C@H](O)[C@H](O)[C@H]1CO. The summed E-state index contributed by atoms with van der Waals surface area (Å²) in [5.74, 6) is -2.76. The molecule has 4 aliphatic carbocycles. The summed E-state index contributed by atoms with van der Waals surface area (Å²) in [6, 6.07) is 13.7. The van der Waals surface area contributed by atoms with Crippen molar-refractivity contribution in [2.24, 2.45) is 47.3 Å². The van der Waals surface area contributed by atoms with Gasteiger partial charge < -0.3 is 109 Å². The van der Waals surface area contributed by atoms with Gasteiger partial charge in [-0.1, -0.05) is 64.1 Å². The molecule has 4 unspecified atom stereocenters. The average molecular weight is 1740 g/mol. The van der Waals surface area contributed by atoms with Crippen molar-refractivity contribution in [2.75, 3.05) is 49.4 Å². The number of carbonyl (C=O) groups is 2. The molecule has 16 N–H and O–H groups in total. The minimum absolute atomic E-state index is 0.00316. The fourth-order valence-electron chi connectivity index (χ4n) is 17.3. The highest BCUT2D eigenvalue weighted by atomic mass is 31.2. The Morgan fingerprint density at radius 3 is 1.06 bits per heavy atom. The highest BCUT2D eigenvalue weighted by Gasteiger charge is 2.61. The number of nitrogens with one attached hydrogen (secondary N) is 2. The number of esters is 2. The lowest BCUT2D eigenvalue weighted by Crippen LogP contribution is -2.37. The molecule has 0 spiro atoms. The highest BCUT2D eigenvalue weighted by molar-refractivity contribution is 7.52. The van der Waals surface area contributed by atoms with Crippen LogP contribution in [0.4, 0.5) is 23.3 Å². The molecule has 44 heteroatoms. The van der Waals surface area contributed by atoms with Crippen LogP contribution in [0.5, 0.6) is 11.5 Å². The number of hydrogen-bond acceptors (Lipinski definition) is 36. The van der Waals surface area contributed by atoms with Crippen molar-refractivity contribution in [1.82, 2.24) is 88.3 Å². The lowest BCUT2D eigenvalue weighted by Gasteiger charge is -2.30. The minimum Gasteiger partial charge on any atom is -0.462 e. The van der Waals surface area contributed by atoms with Crippen molar-refractivity contribution < 1.29 is 95.9 Å². The summed E-state index contributed by atoms with van der Waals surface area (Å²) in [6.07, 6.45) is 5.74. The molecule has 2 saturated heterocycles. The Balaban J connectivity index is 0.000000146. The van der Waals surface area contributed by atoms with E-state index in [0.717, 1.165) is 0 Å². The second-order valence-electron chi connectivity index (χ2n) is 32.9. The monoisotopic (exact) mass is 1730 g/mol. The smallest absolute Gasteiger partial charge is 0.459 e. The van der Waals surface area contributed by atoms with E-state index in [1.807, 2.05) is 63.7 Å². The number of carbonyl (C=O) groups excluding carboxylic acids is 2. The van der Waals surface area contributed by atoms with Crippen LogP contribution in [0.3, 0.4) is 0 Å². The molecular formula is C78H108N22O20P2. The molecule has 660 valence electrons. The molecule has 6 fully saturated rings. The summed E-state index contributed by atoms with van der Waals surface area (Å²) in [4.78, 5) is 75.1. The summed E-state index contributed by atoms with van der Waals surface area (Å²) in [5.41, 5.74) is 27.7. The molecule has 6 aliphatic rings. The van der Waals surface area contributed by atoms with Gasteiger partial charge in [-0.2, -0.15) is 10.2 Å². The van der Waals surface area contributed by atoms with Crippen LogP contribution in [-0.2, 0) is 56.2 Å². The van der Waals surface area contributed by atoms with E-state index in [1.54, 1.807) is 111 Å². The van der Waals surface area contributed by atoms with Gasteiger partial charge in [0, 0.05) is 36.9 Å². The van der Waals surface area contributed by atoms with Crippen molar-refractivity contribution in [3.8, 4) is 11.5 Å². The maximum absolute atomic E-state index is 14.1. The Labute approximate surface area is 701 Å². The third-order valence-electron chi connectivity index (χ3n) is 23.2. The number of nitrogen functional groups attached to an aromatic ring is 4. The van der Waals surface area contributed by atoms with Crippen LogP contribution in [-0.4, -0.2) is 232 Å². The number of anilines is 4. The van der Waals surface area contributed by atoms with E-state index in [9.17, 15) is 49.4 Å². The number of hydrogen-bond donors (Lipinski definition) is 12.